The molecule has 1 fully saturated rings. The highest BCUT2D eigenvalue weighted by Gasteiger charge is 2.60. The number of rotatable bonds is 9. The molecule has 0 saturated heterocycles. The molecule has 184 valence electrons. The van der Waals surface area contributed by atoms with E-state index in [0.717, 1.165) is 5.56 Å². The fraction of sp³-hybridized carbons (Fsp3) is 0.478. The van der Waals surface area contributed by atoms with Crippen LogP contribution in [0, 0.1) is 4.78 Å². The first-order valence-electron chi connectivity index (χ1n) is 11.1. The van der Waals surface area contributed by atoms with Crippen LogP contribution in [0.4, 0.5) is 0 Å². The minimum atomic E-state index is -3.53. The minimum absolute atomic E-state index is 0.149. The van der Waals surface area contributed by atoms with Crippen LogP contribution in [0.2, 0.25) is 5.02 Å². The van der Waals surface area contributed by atoms with Crippen LogP contribution in [0.1, 0.15) is 53.2 Å². The fourth-order valence-electron chi connectivity index (χ4n) is 4.46. The number of sulfone groups is 1. The Hall–Kier alpha value is -2.17. The minimum Gasteiger partial charge on any atom is -0.347 e. The normalized spacial score (nSPS) is 17.4. The van der Waals surface area contributed by atoms with Gasteiger partial charge in [-0.2, -0.15) is 0 Å². The van der Waals surface area contributed by atoms with Crippen LogP contribution < -0.4 is 5.32 Å². The lowest BCUT2D eigenvalue weighted by Crippen LogP contribution is -2.52. The van der Waals surface area contributed by atoms with E-state index in [1.165, 1.54) is 0 Å². The van der Waals surface area contributed by atoms with Gasteiger partial charge in [0.05, 0.1) is 9.49 Å². The molecule has 2 N–H and O–H groups in total. The fourth-order valence-corrected chi connectivity index (χ4v) is 7.98. The number of fused-ring (bicyclic) bond motifs is 1. The summed E-state index contributed by atoms with van der Waals surface area (Å²) in [6.45, 7) is 4.58. The number of aromatic nitrogens is 1. The number of nitrogens with one attached hydrogen (secondary N) is 2. The molecule has 8 nitrogen and oxygen atoms in total. The highest BCUT2D eigenvalue weighted by atomic mass is 35.5. The maximum Gasteiger partial charge on any atom is 0.270 e. The topological polar surface area (TPSA) is 112 Å². The van der Waals surface area contributed by atoms with Gasteiger partial charge in [0.15, 0.2) is 9.84 Å². The van der Waals surface area contributed by atoms with E-state index in [2.05, 4.69) is 5.32 Å². The van der Waals surface area contributed by atoms with Gasteiger partial charge in [-0.25, -0.2) is 8.42 Å². The quantitative estimate of drug-likeness (QED) is 0.438. The van der Waals surface area contributed by atoms with Crippen LogP contribution in [0.3, 0.4) is 0 Å². The molecule has 4 rings (SSSR count). The van der Waals surface area contributed by atoms with Crippen molar-refractivity contribution in [3.63, 3.8) is 0 Å². The lowest BCUT2D eigenvalue weighted by molar-refractivity contribution is 0.0698. The van der Waals surface area contributed by atoms with Crippen molar-refractivity contribution in [2.45, 2.75) is 49.3 Å². The summed E-state index contributed by atoms with van der Waals surface area (Å²) in [6.07, 6.45) is 1.05. The van der Waals surface area contributed by atoms with Crippen LogP contribution in [0.25, 0.3) is 0 Å². The number of hydrogen-bond acceptors (Lipinski definition) is 5. The average molecular weight is 525 g/mol. The molecule has 1 aliphatic heterocycles. The van der Waals surface area contributed by atoms with Crippen molar-refractivity contribution in [3.05, 3.63) is 58.4 Å². The molecule has 0 spiro atoms. The third-order valence-electron chi connectivity index (χ3n) is 6.72. The molecule has 0 radical (unpaired) electrons. The molecule has 1 saturated carbocycles. The number of hydrogen-bond donors (Lipinski definition) is 3. The van der Waals surface area contributed by atoms with Gasteiger partial charge in [0.25, 0.3) is 11.8 Å². The van der Waals surface area contributed by atoms with Crippen LogP contribution in [0.15, 0.2) is 36.4 Å². The number of carbonyl (C=O) groups is 2. The van der Waals surface area contributed by atoms with Crippen molar-refractivity contribution in [1.29, 1.82) is 4.78 Å². The summed E-state index contributed by atoms with van der Waals surface area (Å²) in [6, 6.07) is 10.5. The molecule has 2 amide bonds. The van der Waals surface area contributed by atoms with Crippen LogP contribution >= 0.6 is 11.6 Å². The predicted molar refractivity (Wildman–Crippen MR) is 134 cm³/mol. The molecule has 2 heterocycles. The lowest BCUT2D eigenvalue weighted by atomic mass is 10.2. The van der Waals surface area contributed by atoms with Crippen molar-refractivity contribution in [3.8, 4) is 0 Å². The van der Waals surface area contributed by atoms with Crippen molar-refractivity contribution in [1.82, 2.24) is 14.8 Å². The first kappa shape index (κ1) is 24.9. The van der Waals surface area contributed by atoms with E-state index >= 15 is 0 Å². The van der Waals surface area contributed by atoms with E-state index in [9.17, 15) is 18.0 Å². The Kier molecular flexibility index (Phi) is 6.69. The maximum atomic E-state index is 13.4. The summed E-state index contributed by atoms with van der Waals surface area (Å²) >= 11 is 6.18. The Morgan fingerprint density at radius 1 is 1.18 bits per heavy atom. The van der Waals surface area contributed by atoms with E-state index in [4.69, 9.17) is 16.4 Å². The smallest absolute Gasteiger partial charge is 0.270 e. The third-order valence-corrected chi connectivity index (χ3v) is 11.4. The molecule has 2 aliphatic rings. The standard InChI is InChI=1S/C23H29ClN4O4S2/c1-22(2,15-33-25)34(31,32)23(9-10-23)14-27-11-12-28-18(7-8-19(28)21(27)30)20(29)26-13-16-3-5-17(24)6-4-16/h3-8,25,33H,9-15H2,1-2H3,(H,26,29). The van der Waals surface area contributed by atoms with E-state index in [-0.39, 0.29) is 35.7 Å². The van der Waals surface area contributed by atoms with Gasteiger partial charge in [0, 0.05) is 37.0 Å². The third kappa shape index (κ3) is 4.43. The zero-order valence-corrected chi connectivity index (χ0v) is 21.6. The van der Waals surface area contributed by atoms with Gasteiger partial charge < -0.3 is 14.8 Å². The second-order valence-electron chi connectivity index (χ2n) is 9.55. The molecule has 0 atom stereocenters. The summed E-state index contributed by atoms with van der Waals surface area (Å²) in [5.74, 6) is -0.302. The predicted octanol–water partition coefficient (Wildman–Crippen LogP) is 2.83. The number of amides is 2. The summed E-state index contributed by atoms with van der Waals surface area (Å²) < 4.78 is 33.9. The van der Waals surface area contributed by atoms with Crippen LogP contribution in [-0.4, -0.2) is 58.0 Å². The van der Waals surface area contributed by atoms with Crippen LogP contribution in [-0.2, 0) is 34.5 Å². The van der Waals surface area contributed by atoms with Gasteiger partial charge in [-0.15, -0.1) is 11.6 Å². The first-order chi connectivity index (χ1) is 16.0. The lowest BCUT2D eigenvalue weighted by Gasteiger charge is -2.35. The number of halogens is 1. The summed E-state index contributed by atoms with van der Waals surface area (Å²) in [4.78, 5) is 27.6. The van der Waals surface area contributed by atoms with Gasteiger partial charge in [-0.1, -0.05) is 23.7 Å². The average Bonchev–Trinajstić information content (AvgIpc) is 3.45. The molecule has 0 unspecified atom stereocenters. The second kappa shape index (κ2) is 9.13. The Morgan fingerprint density at radius 3 is 2.47 bits per heavy atom. The molecule has 34 heavy (non-hydrogen) atoms. The van der Waals surface area contributed by atoms with Gasteiger partial charge in [0.1, 0.15) is 11.4 Å². The van der Waals surface area contributed by atoms with Crippen molar-refractivity contribution < 1.29 is 18.0 Å². The SMILES string of the molecule is CC(C)(C[SH]=N)S(=O)(=O)C1(CN2CCn3c(C(=O)NCc4ccc(Cl)cc4)ccc3C2=O)CC1. The number of nitrogens with zero attached hydrogens (tertiary/aromatic N) is 2. The molecule has 1 aliphatic carbocycles. The molecule has 11 heteroatoms. The number of carbonyl (C=O) groups excluding carboxylic acids is 2. The largest absolute Gasteiger partial charge is 0.347 e. The van der Waals surface area contributed by atoms with Gasteiger partial charge >= 0.3 is 0 Å². The second-order valence-corrected chi connectivity index (χ2v) is 13.6. The van der Waals surface area contributed by atoms with Gasteiger partial charge in [-0.3, -0.25) is 14.4 Å². The molecule has 1 aromatic carbocycles. The Labute approximate surface area is 208 Å². The highest BCUT2D eigenvalue weighted by molar-refractivity contribution is 7.95. The van der Waals surface area contributed by atoms with Crippen molar-refractivity contribution >= 4 is 44.8 Å². The summed E-state index contributed by atoms with van der Waals surface area (Å²) in [5.41, 5.74) is 1.70. The van der Waals surface area contributed by atoms with Gasteiger partial charge in [-0.05, 0) is 56.5 Å². The number of benzene rings is 1. The monoisotopic (exact) mass is 524 g/mol. The number of thiol groups is 1. The molecular formula is C23H29ClN4O4S2. The highest BCUT2D eigenvalue weighted by Crippen LogP contribution is 2.49. The molecule has 1 aromatic heterocycles. The van der Waals surface area contributed by atoms with Crippen LogP contribution in [0.5, 0.6) is 0 Å². The van der Waals surface area contributed by atoms with E-state index < -0.39 is 19.3 Å². The zero-order chi connectivity index (χ0) is 24.7. The summed E-state index contributed by atoms with van der Waals surface area (Å²) in [5, 5.41) is 3.49. The molecule has 0 bridgehead atoms. The van der Waals surface area contributed by atoms with E-state index in [1.807, 2.05) is 12.1 Å². The van der Waals surface area contributed by atoms with E-state index in [0.29, 0.717) is 48.9 Å². The van der Waals surface area contributed by atoms with Crippen molar-refractivity contribution in [2.24, 2.45) is 0 Å². The Bertz CT molecular complexity index is 1230. The van der Waals surface area contributed by atoms with Gasteiger partial charge in [0.2, 0.25) is 0 Å². The Morgan fingerprint density at radius 2 is 1.85 bits per heavy atom. The molecular weight excluding hydrogens is 496 g/mol. The Balaban J connectivity index is 1.46. The summed E-state index contributed by atoms with van der Waals surface area (Å²) in [7, 11) is -3.53. The zero-order valence-electron chi connectivity index (χ0n) is 19.2. The first-order valence-corrected chi connectivity index (χ1v) is 14.0. The maximum absolute atomic E-state index is 13.4. The molecule has 2 aromatic rings. The van der Waals surface area contributed by atoms with E-state index in [1.54, 1.807) is 47.6 Å². The van der Waals surface area contributed by atoms with Crippen molar-refractivity contribution in [2.75, 3.05) is 18.8 Å².